The number of aromatic nitrogens is 2. The van der Waals surface area contributed by atoms with Crippen LogP contribution in [0.15, 0.2) is 54.7 Å². The number of rotatable bonds is 3. The Hall–Kier alpha value is -2.66. The van der Waals surface area contributed by atoms with Gasteiger partial charge in [0.2, 0.25) is 5.91 Å². The van der Waals surface area contributed by atoms with Crippen LogP contribution in [0, 0.1) is 0 Å². The second-order valence-electron chi connectivity index (χ2n) is 7.21. The number of nitrogens with zero attached hydrogens (tertiary/aromatic N) is 2. The van der Waals surface area contributed by atoms with Gasteiger partial charge in [-0.25, -0.2) is 4.98 Å². The van der Waals surface area contributed by atoms with Gasteiger partial charge in [0.15, 0.2) is 0 Å². The van der Waals surface area contributed by atoms with Gasteiger partial charge in [-0.2, -0.15) is 0 Å². The van der Waals surface area contributed by atoms with Gasteiger partial charge in [0.1, 0.15) is 0 Å². The number of para-hydroxylation sites is 2. The molecular formula is C22H21N3OS. The van der Waals surface area contributed by atoms with Crippen molar-refractivity contribution < 1.29 is 4.79 Å². The molecule has 0 saturated carbocycles. The standard InChI is InChI=1S/C22H21N3OS/c26-21(13-16-14-23-18-6-2-1-5-17(16)18)25-11-9-15(10-12-25)22-24-19-7-3-4-8-20(19)27-22/h1-8,14-15,23H,9-13H2. The summed E-state index contributed by atoms with van der Waals surface area (Å²) in [6.45, 7) is 1.64. The largest absolute Gasteiger partial charge is 0.361 e. The molecule has 5 rings (SSSR count). The van der Waals surface area contributed by atoms with E-state index in [1.165, 1.54) is 9.71 Å². The van der Waals surface area contributed by atoms with Crippen LogP contribution in [0.1, 0.15) is 29.3 Å². The topological polar surface area (TPSA) is 49.0 Å². The number of carbonyl (C=O) groups is 1. The zero-order valence-corrected chi connectivity index (χ0v) is 15.8. The van der Waals surface area contributed by atoms with Crippen LogP contribution in [-0.2, 0) is 11.2 Å². The zero-order chi connectivity index (χ0) is 18.2. The lowest BCUT2D eigenvalue weighted by Crippen LogP contribution is -2.38. The van der Waals surface area contributed by atoms with Gasteiger partial charge in [-0.3, -0.25) is 4.79 Å². The molecule has 1 fully saturated rings. The first kappa shape index (κ1) is 16.5. The van der Waals surface area contributed by atoms with E-state index < -0.39 is 0 Å². The SMILES string of the molecule is O=C(Cc1c[nH]c2ccccc12)N1CCC(c2nc3ccccc3s2)CC1. The molecule has 1 saturated heterocycles. The van der Waals surface area contributed by atoms with Crippen molar-refractivity contribution in [3.63, 3.8) is 0 Å². The van der Waals surface area contributed by atoms with Crippen LogP contribution in [-0.4, -0.2) is 33.9 Å². The summed E-state index contributed by atoms with van der Waals surface area (Å²) in [4.78, 5) is 22.9. The van der Waals surface area contributed by atoms with E-state index in [4.69, 9.17) is 4.98 Å². The van der Waals surface area contributed by atoms with E-state index in [0.29, 0.717) is 12.3 Å². The molecule has 0 radical (unpaired) electrons. The van der Waals surface area contributed by atoms with Gasteiger partial charge in [-0.05, 0) is 36.6 Å². The Morgan fingerprint density at radius 3 is 2.74 bits per heavy atom. The molecule has 1 aliphatic rings. The highest BCUT2D eigenvalue weighted by atomic mass is 32.1. The number of benzene rings is 2. The van der Waals surface area contributed by atoms with Gasteiger partial charge in [-0.1, -0.05) is 30.3 Å². The summed E-state index contributed by atoms with van der Waals surface area (Å²) in [6, 6.07) is 16.5. The van der Waals surface area contributed by atoms with Gasteiger partial charge in [0, 0.05) is 36.1 Å². The lowest BCUT2D eigenvalue weighted by molar-refractivity contribution is -0.131. The lowest BCUT2D eigenvalue weighted by atomic mass is 9.97. The number of fused-ring (bicyclic) bond motifs is 2. The number of hydrogen-bond donors (Lipinski definition) is 1. The average Bonchev–Trinajstić information content (AvgIpc) is 3.32. The van der Waals surface area contributed by atoms with Gasteiger partial charge < -0.3 is 9.88 Å². The van der Waals surface area contributed by atoms with Crippen molar-refractivity contribution in [2.75, 3.05) is 13.1 Å². The van der Waals surface area contributed by atoms with Crippen molar-refractivity contribution in [2.45, 2.75) is 25.2 Å². The number of hydrogen-bond acceptors (Lipinski definition) is 3. The average molecular weight is 375 g/mol. The van der Waals surface area contributed by atoms with E-state index in [2.05, 4.69) is 29.2 Å². The van der Waals surface area contributed by atoms with Crippen molar-refractivity contribution in [2.24, 2.45) is 0 Å². The van der Waals surface area contributed by atoms with Crippen LogP contribution >= 0.6 is 11.3 Å². The molecule has 4 aromatic rings. The summed E-state index contributed by atoms with van der Waals surface area (Å²) in [6.07, 6.45) is 4.44. The Balaban J connectivity index is 1.25. The van der Waals surface area contributed by atoms with Crippen molar-refractivity contribution in [3.8, 4) is 0 Å². The third kappa shape index (κ3) is 3.12. The van der Waals surface area contributed by atoms with E-state index in [1.807, 2.05) is 35.4 Å². The molecule has 3 heterocycles. The predicted molar refractivity (Wildman–Crippen MR) is 110 cm³/mol. The summed E-state index contributed by atoms with van der Waals surface area (Å²) in [5.41, 5.74) is 3.27. The van der Waals surface area contributed by atoms with E-state index in [9.17, 15) is 4.79 Å². The van der Waals surface area contributed by atoms with Crippen LogP contribution in [0.25, 0.3) is 21.1 Å². The highest BCUT2D eigenvalue weighted by Crippen LogP contribution is 2.34. The molecule has 2 aromatic carbocycles. The second-order valence-corrected chi connectivity index (χ2v) is 8.27. The minimum atomic E-state index is 0.225. The smallest absolute Gasteiger partial charge is 0.227 e. The molecule has 1 aliphatic heterocycles. The third-order valence-electron chi connectivity index (χ3n) is 5.52. The molecule has 0 unspecified atom stereocenters. The quantitative estimate of drug-likeness (QED) is 0.563. The highest BCUT2D eigenvalue weighted by molar-refractivity contribution is 7.18. The van der Waals surface area contributed by atoms with Crippen LogP contribution in [0.4, 0.5) is 0 Å². The molecule has 1 N–H and O–H groups in total. The highest BCUT2D eigenvalue weighted by Gasteiger charge is 2.26. The van der Waals surface area contributed by atoms with Crippen molar-refractivity contribution in [1.29, 1.82) is 0 Å². The molecule has 5 heteroatoms. The summed E-state index contributed by atoms with van der Waals surface area (Å²) < 4.78 is 1.25. The second kappa shape index (κ2) is 6.82. The van der Waals surface area contributed by atoms with Crippen molar-refractivity contribution >= 4 is 38.4 Å². The van der Waals surface area contributed by atoms with Crippen LogP contribution in [0.3, 0.4) is 0 Å². The summed E-state index contributed by atoms with van der Waals surface area (Å²) >= 11 is 1.80. The molecule has 0 atom stereocenters. The van der Waals surface area contributed by atoms with E-state index in [0.717, 1.165) is 47.9 Å². The maximum Gasteiger partial charge on any atom is 0.227 e. The maximum absolute atomic E-state index is 12.8. The Bertz CT molecular complexity index is 1070. The normalized spacial score (nSPS) is 15.6. The van der Waals surface area contributed by atoms with Gasteiger partial charge >= 0.3 is 0 Å². The van der Waals surface area contributed by atoms with E-state index in [1.54, 1.807) is 11.3 Å². The molecule has 2 aromatic heterocycles. The van der Waals surface area contributed by atoms with E-state index >= 15 is 0 Å². The summed E-state index contributed by atoms with van der Waals surface area (Å²) in [5.74, 6) is 0.696. The third-order valence-corrected chi connectivity index (χ3v) is 6.72. The first-order valence-electron chi connectivity index (χ1n) is 9.46. The first-order chi connectivity index (χ1) is 13.3. The lowest BCUT2D eigenvalue weighted by Gasteiger charge is -2.31. The number of likely N-dealkylation sites (tertiary alicyclic amines) is 1. The minimum Gasteiger partial charge on any atom is -0.361 e. The number of H-pyrrole nitrogens is 1. The molecule has 0 spiro atoms. The number of nitrogens with one attached hydrogen (secondary N) is 1. The fourth-order valence-electron chi connectivity index (χ4n) is 3.99. The van der Waals surface area contributed by atoms with Gasteiger partial charge in [-0.15, -0.1) is 11.3 Å². The predicted octanol–water partition coefficient (Wildman–Crippen LogP) is 4.73. The molecular weight excluding hydrogens is 354 g/mol. The number of aromatic amines is 1. The number of thiazole rings is 1. The Morgan fingerprint density at radius 1 is 1.11 bits per heavy atom. The van der Waals surface area contributed by atoms with Crippen LogP contribution in [0.5, 0.6) is 0 Å². The number of piperidine rings is 1. The van der Waals surface area contributed by atoms with Crippen molar-refractivity contribution in [1.82, 2.24) is 14.9 Å². The van der Waals surface area contributed by atoms with Crippen LogP contribution < -0.4 is 0 Å². The Labute approximate surface area is 161 Å². The molecule has 0 bridgehead atoms. The number of amides is 1. The Morgan fingerprint density at radius 2 is 1.89 bits per heavy atom. The van der Waals surface area contributed by atoms with Gasteiger partial charge in [0.05, 0.1) is 21.6 Å². The first-order valence-corrected chi connectivity index (χ1v) is 10.3. The minimum absolute atomic E-state index is 0.225. The maximum atomic E-state index is 12.8. The fourth-order valence-corrected chi connectivity index (χ4v) is 5.13. The summed E-state index contributed by atoms with van der Waals surface area (Å²) in [7, 11) is 0. The molecule has 1 amide bonds. The fraction of sp³-hybridized carbons (Fsp3) is 0.273. The molecule has 136 valence electrons. The summed E-state index contributed by atoms with van der Waals surface area (Å²) in [5, 5.41) is 2.37. The zero-order valence-electron chi connectivity index (χ0n) is 15.0. The van der Waals surface area contributed by atoms with Crippen LogP contribution in [0.2, 0.25) is 0 Å². The Kier molecular flexibility index (Phi) is 4.17. The van der Waals surface area contributed by atoms with Crippen molar-refractivity contribution in [3.05, 3.63) is 65.3 Å². The molecule has 27 heavy (non-hydrogen) atoms. The number of carbonyl (C=O) groups excluding carboxylic acids is 1. The molecule has 0 aliphatic carbocycles. The van der Waals surface area contributed by atoms with E-state index in [-0.39, 0.29) is 5.91 Å². The molecule has 4 nitrogen and oxygen atoms in total. The monoisotopic (exact) mass is 375 g/mol. The van der Waals surface area contributed by atoms with Gasteiger partial charge in [0.25, 0.3) is 0 Å².